The highest BCUT2D eigenvalue weighted by atomic mass is 16.5. The van der Waals surface area contributed by atoms with E-state index in [0.29, 0.717) is 6.42 Å². The fourth-order valence-electron chi connectivity index (χ4n) is 5.26. The van der Waals surface area contributed by atoms with Crippen molar-refractivity contribution in [1.82, 2.24) is 16.0 Å². The Kier molecular flexibility index (Phi) is 34.7. The minimum atomic E-state index is -1.18. The Hall–Kier alpha value is -3.34. The van der Waals surface area contributed by atoms with Gasteiger partial charge in [0, 0.05) is 32.4 Å². The molecule has 0 aliphatic heterocycles. The molecule has 0 aromatic heterocycles. The van der Waals surface area contributed by atoms with Crippen LogP contribution in [0.3, 0.4) is 0 Å². The van der Waals surface area contributed by atoms with Gasteiger partial charge >= 0.3 is 17.9 Å². The van der Waals surface area contributed by atoms with Crippen LogP contribution in [0, 0.1) is 0 Å². The van der Waals surface area contributed by atoms with E-state index in [4.69, 9.17) is 29.2 Å². The van der Waals surface area contributed by atoms with Gasteiger partial charge in [0.25, 0.3) is 0 Å². The molecule has 0 rings (SSSR count). The molecular weight excluding hydrogens is 694 g/mol. The molecule has 6 N–H and O–H groups in total. The predicted molar refractivity (Wildman–Crippen MR) is 196 cm³/mol. The van der Waals surface area contributed by atoms with Crippen LogP contribution in [0.1, 0.15) is 128 Å². The molecule has 0 heterocycles. The lowest BCUT2D eigenvalue weighted by Gasteiger charge is -2.14. The van der Waals surface area contributed by atoms with Crippen LogP contribution in [-0.4, -0.2) is 123 Å². The summed E-state index contributed by atoms with van der Waals surface area (Å²) in [5.41, 5.74) is 0. The third kappa shape index (κ3) is 38.2. The highest BCUT2D eigenvalue weighted by molar-refractivity contribution is 5.84. The summed E-state index contributed by atoms with van der Waals surface area (Å²) in [7, 11) is 0. The van der Waals surface area contributed by atoms with Crippen molar-refractivity contribution < 1.29 is 63.0 Å². The van der Waals surface area contributed by atoms with Crippen molar-refractivity contribution in [1.29, 1.82) is 0 Å². The quantitative estimate of drug-likeness (QED) is 0.0488. The maximum atomic E-state index is 12.3. The van der Waals surface area contributed by atoms with Crippen molar-refractivity contribution in [2.75, 3.05) is 65.9 Å². The number of hydrogen-bond donors (Lipinski definition) is 6. The van der Waals surface area contributed by atoms with Gasteiger partial charge < -0.3 is 50.2 Å². The van der Waals surface area contributed by atoms with E-state index in [-0.39, 0.29) is 109 Å². The molecule has 0 aliphatic carbocycles. The van der Waals surface area contributed by atoms with Crippen LogP contribution >= 0.6 is 0 Å². The van der Waals surface area contributed by atoms with Crippen molar-refractivity contribution >= 4 is 35.6 Å². The molecule has 16 nitrogen and oxygen atoms in total. The Balaban J connectivity index is 3.64. The molecule has 16 heteroatoms. The Morgan fingerprint density at radius 3 is 1.28 bits per heavy atom. The zero-order chi connectivity index (χ0) is 39.2. The van der Waals surface area contributed by atoms with Gasteiger partial charge in [0.2, 0.25) is 17.7 Å². The average molecular weight is 762 g/mol. The van der Waals surface area contributed by atoms with E-state index in [1.54, 1.807) is 0 Å². The molecule has 0 aromatic rings. The number of carbonyl (C=O) groups excluding carboxylic acids is 3. The fraction of sp³-hybridized carbons (Fsp3) is 0.838. The van der Waals surface area contributed by atoms with Gasteiger partial charge in [-0.15, -0.1) is 0 Å². The summed E-state index contributed by atoms with van der Waals surface area (Å²) in [6.07, 6.45) is 18.3. The van der Waals surface area contributed by atoms with Crippen LogP contribution in [0.15, 0.2) is 0 Å². The largest absolute Gasteiger partial charge is 0.481 e. The number of aliphatic carboxylic acids is 3. The van der Waals surface area contributed by atoms with E-state index < -0.39 is 23.9 Å². The summed E-state index contributed by atoms with van der Waals surface area (Å²) < 4.78 is 20.6. The highest BCUT2D eigenvalue weighted by Gasteiger charge is 2.20. The van der Waals surface area contributed by atoms with Gasteiger partial charge in [-0.1, -0.05) is 89.9 Å². The molecule has 0 fully saturated rings. The molecule has 0 saturated heterocycles. The number of carboxylic acids is 3. The van der Waals surface area contributed by atoms with Crippen molar-refractivity contribution in [3.05, 3.63) is 0 Å². The number of unbranched alkanes of at least 4 members (excludes halogenated alkanes) is 15. The zero-order valence-corrected chi connectivity index (χ0v) is 31.7. The minimum absolute atomic E-state index is 0.0207. The summed E-state index contributed by atoms with van der Waals surface area (Å²) in [4.78, 5) is 68.5. The lowest BCUT2D eigenvalue weighted by Crippen LogP contribution is -2.41. The highest BCUT2D eigenvalue weighted by Crippen LogP contribution is 2.14. The molecule has 53 heavy (non-hydrogen) atoms. The van der Waals surface area contributed by atoms with Gasteiger partial charge in [-0.2, -0.15) is 0 Å². The first kappa shape index (κ1) is 49.7. The molecule has 1 atom stereocenters. The zero-order valence-electron chi connectivity index (χ0n) is 31.7. The fourth-order valence-corrected chi connectivity index (χ4v) is 5.26. The summed E-state index contributed by atoms with van der Waals surface area (Å²) in [5, 5.41) is 34.3. The van der Waals surface area contributed by atoms with Crippen LogP contribution in [0.2, 0.25) is 0 Å². The Bertz CT molecular complexity index is 984. The second-order valence-electron chi connectivity index (χ2n) is 13.0. The van der Waals surface area contributed by atoms with E-state index in [0.717, 1.165) is 38.5 Å². The second-order valence-corrected chi connectivity index (χ2v) is 13.0. The van der Waals surface area contributed by atoms with Crippen LogP contribution in [0.25, 0.3) is 0 Å². The van der Waals surface area contributed by atoms with Gasteiger partial charge in [-0.05, 0) is 19.3 Å². The monoisotopic (exact) mass is 761 g/mol. The Morgan fingerprint density at radius 2 is 0.830 bits per heavy atom. The summed E-state index contributed by atoms with van der Waals surface area (Å²) in [5.74, 6) is -3.94. The van der Waals surface area contributed by atoms with Crippen molar-refractivity contribution in [2.24, 2.45) is 0 Å². The molecule has 0 saturated carbocycles. The number of nitrogens with one attached hydrogen (secondary N) is 3. The topological polar surface area (TPSA) is 236 Å². The minimum Gasteiger partial charge on any atom is -0.481 e. The number of amides is 3. The van der Waals surface area contributed by atoms with E-state index >= 15 is 0 Å². The first-order valence-corrected chi connectivity index (χ1v) is 19.4. The van der Waals surface area contributed by atoms with E-state index in [1.807, 2.05) is 0 Å². The SMILES string of the molecule is O=C(O)CCCCCCCCCCCCCCCCCCC(=O)NC(CCC(=O)NCCOCCOCC(=O)NCCOCCOCC(=O)O)C(=O)O. The Morgan fingerprint density at radius 1 is 0.415 bits per heavy atom. The number of rotatable bonds is 40. The number of ether oxygens (including phenoxy) is 4. The molecule has 0 spiro atoms. The standard InChI is InChI=1S/C37H67N3O13/c41-32(38-21-23-50-25-27-52-29-34(43)39-22-24-51-26-28-53-30-36(46)47)20-19-31(37(48)49)40-33(42)17-15-13-11-9-7-5-3-1-2-4-6-8-10-12-14-16-18-35(44)45/h31H,1-30H2,(H,38,41)(H,39,43)(H,40,42)(H,44,45)(H,46,47)(H,48,49). The van der Waals surface area contributed by atoms with E-state index in [1.165, 1.54) is 57.8 Å². The first-order chi connectivity index (χ1) is 25.6. The third-order valence-electron chi connectivity index (χ3n) is 8.18. The van der Waals surface area contributed by atoms with Crippen molar-refractivity contribution in [2.45, 2.75) is 134 Å². The smallest absolute Gasteiger partial charge is 0.329 e. The van der Waals surface area contributed by atoms with Gasteiger partial charge in [0.1, 0.15) is 19.3 Å². The van der Waals surface area contributed by atoms with Crippen LogP contribution < -0.4 is 16.0 Å². The van der Waals surface area contributed by atoms with Gasteiger partial charge in [0.15, 0.2) is 0 Å². The summed E-state index contributed by atoms with van der Waals surface area (Å²) in [6.45, 7) is 1.12. The number of carbonyl (C=O) groups is 6. The first-order valence-electron chi connectivity index (χ1n) is 19.4. The molecular formula is C37H67N3O13. The van der Waals surface area contributed by atoms with Crippen molar-refractivity contribution in [3.63, 3.8) is 0 Å². The summed E-state index contributed by atoms with van der Waals surface area (Å²) >= 11 is 0. The lowest BCUT2D eigenvalue weighted by atomic mass is 10.0. The normalized spacial score (nSPS) is 11.5. The third-order valence-corrected chi connectivity index (χ3v) is 8.18. The maximum absolute atomic E-state index is 12.3. The summed E-state index contributed by atoms with van der Waals surface area (Å²) in [6, 6.07) is -1.13. The molecule has 0 radical (unpaired) electrons. The lowest BCUT2D eigenvalue weighted by molar-refractivity contribution is -0.143. The Labute approximate surface area is 314 Å². The predicted octanol–water partition coefficient (Wildman–Crippen LogP) is 3.83. The molecule has 1 unspecified atom stereocenters. The van der Waals surface area contributed by atoms with Crippen LogP contribution in [0.4, 0.5) is 0 Å². The van der Waals surface area contributed by atoms with Gasteiger partial charge in [-0.3, -0.25) is 19.2 Å². The second kappa shape index (κ2) is 37.0. The number of carboxylic acid groups (broad SMARTS) is 3. The van der Waals surface area contributed by atoms with Crippen LogP contribution in [-0.2, 0) is 47.7 Å². The molecule has 3 amide bonds. The molecule has 0 aromatic carbocycles. The molecule has 0 aliphatic rings. The van der Waals surface area contributed by atoms with Gasteiger partial charge in [-0.25, -0.2) is 9.59 Å². The molecule has 0 bridgehead atoms. The van der Waals surface area contributed by atoms with Crippen molar-refractivity contribution in [3.8, 4) is 0 Å². The molecule has 308 valence electrons. The van der Waals surface area contributed by atoms with Crippen LogP contribution in [0.5, 0.6) is 0 Å². The maximum Gasteiger partial charge on any atom is 0.329 e. The number of hydrogen-bond acceptors (Lipinski definition) is 10. The van der Waals surface area contributed by atoms with Gasteiger partial charge in [0.05, 0.1) is 39.6 Å². The van der Waals surface area contributed by atoms with E-state index in [9.17, 15) is 33.9 Å². The average Bonchev–Trinajstić information content (AvgIpc) is 3.11. The van der Waals surface area contributed by atoms with E-state index in [2.05, 4.69) is 16.0 Å².